The third-order valence-electron chi connectivity index (χ3n) is 2.45. The van der Waals surface area contributed by atoms with E-state index in [9.17, 15) is 4.79 Å². The molecule has 0 unspecified atom stereocenters. The molecule has 0 spiro atoms. The maximum atomic E-state index is 11.7. The van der Waals surface area contributed by atoms with Gasteiger partial charge in [0, 0.05) is 5.39 Å². The van der Waals surface area contributed by atoms with Crippen LogP contribution in [0, 0.1) is 6.92 Å². The Kier molecular flexibility index (Phi) is 2.14. The standard InChI is InChI=1S/C10H6Cl2N4O/c1-4-13-9-5-2-6(11)7(12)3-8(5)14-10(17)16(9)15-4/h2-3H,1H3,(H,14,17). The second-order valence-corrected chi connectivity index (χ2v) is 4.45. The average molecular weight is 269 g/mol. The summed E-state index contributed by atoms with van der Waals surface area (Å²) in [7, 11) is 0. The van der Waals surface area contributed by atoms with Crippen LogP contribution in [0.3, 0.4) is 0 Å². The minimum atomic E-state index is -0.355. The largest absolute Gasteiger partial charge is 0.348 e. The zero-order valence-corrected chi connectivity index (χ0v) is 10.2. The van der Waals surface area contributed by atoms with Crippen LogP contribution in [0.5, 0.6) is 0 Å². The number of rotatable bonds is 0. The van der Waals surface area contributed by atoms with Gasteiger partial charge in [-0.3, -0.25) is 0 Å². The smallest absolute Gasteiger partial charge is 0.305 e. The zero-order chi connectivity index (χ0) is 12.2. The molecule has 0 amide bonds. The first kappa shape index (κ1) is 10.6. The van der Waals surface area contributed by atoms with Gasteiger partial charge in [-0.05, 0) is 19.1 Å². The molecule has 0 fully saturated rings. The Balaban J connectivity index is 2.62. The highest BCUT2D eigenvalue weighted by atomic mass is 35.5. The first-order valence-corrected chi connectivity index (χ1v) is 5.56. The third-order valence-corrected chi connectivity index (χ3v) is 3.17. The van der Waals surface area contributed by atoms with Gasteiger partial charge in [0.2, 0.25) is 0 Å². The fourth-order valence-corrected chi connectivity index (χ4v) is 2.06. The van der Waals surface area contributed by atoms with Gasteiger partial charge in [-0.25, -0.2) is 9.78 Å². The Labute approximate surface area is 105 Å². The number of aromatic amines is 1. The predicted molar refractivity (Wildman–Crippen MR) is 65.9 cm³/mol. The lowest BCUT2D eigenvalue weighted by molar-refractivity contribution is 0.863. The molecule has 2 heterocycles. The molecular formula is C10H6Cl2N4O. The van der Waals surface area contributed by atoms with Crippen LogP contribution in [0.25, 0.3) is 16.6 Å². The number of aryl methyl sites for hydroxylation is 1. The molecule has 0 atom stereocenters. The average Bonchev–Trinajstić information content (AvgIpc) is 2.64. The normalized spacial score (nSPS) is 11.5. The van der Waals surface area contributed by atoms with Crippen LogP contribution < -0.4 is 5.69 Å². The van der Waals surface area contributed by atoms with Crippen LogP contribution in [0.2, 0.25) is 10.0 Å². The van der Waals surface area contributed by atoms with Crippen molar-refractivity contribution in [3.63, 3.8) is 0 Å². The van der Waals surface area contributed by atoms with E-state index in [4.69, 9.17) is 23.2 Å². The number of H-pyrrole nitrogens is 1. The highest BCUT2D eigenvalue weighted by molar-refractivity contribution is 6.42. The van der Waals surface area contributed by atoms with Crippen LogP contribution in [0.15, 0.2) is 16.9 Å². The van der Waals surface area contributed by atoms with Gasteiger partial charge in [-0.1, -0.05) is 23.2 Å². The minimum Gasteiger partial charge on any atom is -0.305 e. The van der Waals surface area contributed by atoms with Crippen molar-refractivity contribution in [2.75, 3.05) is 0 Å². The summed E-state index contributed by atoms with van der Waals surface area (Å²) < 4.78 is 1.21. The maximum absolute atomic E-state index is 11.7. The molecular weight excluding hydrogens is 263 g/mol. The topological polar surface area (TPSA) is 63.0 Å². The summed E-state index contributed by atoms with van der Waals surface area (Å²) in [5.74, 6) is 0.522. The predicted octanol–water partition coefficient (Wildman–Crippen LogP) is 2.19. The molecule has 1 N–H and O–H groups in total. The third kappa shape index (κ3) is 1.50. The number of hydrogen-bond acceptors (Lipinski definition) is 3. The lowest BCUT2D eigenvalue weighted by Crippen LogP contribution is -2.17. The highest BCUT2D eigenvalue weighted by Gasteiger charge is 2.10. The fourth-order valence-electron chi connectivity index (χ4n) is 1.73. The maximum Gasteiger partial charge on any atom is 0.348 e. The number of nitrogens with zero attached hydrogens (tertiary/aromatic N) is 3. The number of hydrogen-bond donors (Lipinski definition) is 1. The van der Waals surface area contributed by atoms with Crippen molar-refractivity contribution in [3.8, 4) is 0 Å². The van der Waals surface area contributed by atoms with Gasteiger partial charge in [0.15, 0.2) is 5.65 Å². The molecule has 0 saturated heterocycles. The minimum absolute atomic E-state index is 0.355. The van der Waals surface area contributed by atoms with Crippen LogP contribution in [-0.2, 0) is 0 Å². The Morgan fingerprint density at radius 1 is 1.29 bits per heavy atom. The van der Waals surface area contributed by atoms with Crippen molar-refractivity contribution in [2.24, 2.45) is 0 Å². The van der Waals surface area contributed by atoms with E-state index in [1.165, 1.54) is 4.52 Å². The molecule has 0 aliphatic heterocycles. The second-order valence-electron chi connectivity index (χ2n) is 3.64. The molecule has 17 heavy (non-hydrogen) atoms. The Hall–Kier alpha value is -1.59. The van der Waals surface area contributed by atoms with Crippen LogP contribution >= 0.6 is 23.2 Å². The lowest BCUT2D eigenvalue weighted by Gasteiger charge is -2.01. The monoisotopic (exact) mass is 268 g/mol. The van der Waals surface area contributed by atoms with E-state index in [1.807, 2.05) is 0 Å². The quantitative estimate of drug-likeness (QED) is 0.680. The summed E-state index contributed by atoms with van der Waals surface area (Å²) in [6, 6.07) is 3.27. The molecule has 3 aromatic rings. The van der Waals surface area contributed by atoms with Gasteiger partial charge < -0.3 is 4.98 Å². The van der Waals surface area contributed by atoms with Crippen molar-refractivity contribution in [1.82, 2.24) is 19.6 Å². The highest BCUT2D eigenvalue weighted by Crippen LogP contribution is 2.27. The van der Waals surface area contributed by atoms with Gasteiger partial charge in [0.25, 0.3) is 0 Å². The van der Waals surface area contributed by atoms with Gasteiger partial charge in [0.1, 0.15) is 5.82 Å². The molecule has 0 aliphatic rings. The van der Waals surface area contributed by atoms with E-state index in [2.05, 4.69) is 15.1 Å². The first-order valence-electron chi connectivity index (χ1n) is 4.80. The van der Waals surface area contributed by atoms with Gasteiger partial charge >= 0.3 is 5.69 Å². The fraction of sp³-hybridized carbons (Fsp3) is 0.100. The molecule has 2 aromatic heterocycles. The molecule has 0 aliphatic carbocycles. The van der Waals surface area contributed by atoms with Crippen molar-refractivity contribution in [2.45, 2.75) is 6.92 Å². The molecule has 7 heteroatoms. The number of benzene rings is 1. The van der Waals surface area contributed by atoms with Crippen LogP contribution in [-0.4, -0.2) is 19.6 Å². The summed E-state index contributed by atoms with van der Waals surface area (Å²) in [5, 5.41) is 5.50. The summed E-state index contributed by atoms with van der Waals surface area (Å²) in [5.41, 5.74) is 0.704. The summed E-state index contributed by atoms with van der Waals surface area (Å²) >= 11 is 11.9. The van der Waals surface area contributed by atoms with Gasteiger partial charge in [0.05, 0.1) is 15.6 Å². The van der Waals surface area contributed by atoms with E-state index in [1.54, 1.807) is 19.1 Å². The zero-order valence-electron chi connectivity index (χ0n) is 8.66. The SMILES string of the molecule is Cc1nc2c3cc(Cl)c(Cl)cc3[nH]c(=O)n2n1. The van der Waals surface area contributed by atoms with Crippen molar-refractivity contribution >= 4 is 39.8 Å². The lowest BCUT2D eigenvalue weighted by atomic mass is 10.2. The molecule has 3 rings (SSSR count). The van der Waals surface area contributed by atoms with E-state index in [0.717, 1.165) is 0 Å². The summed E-state index contributed by atoms with van der Waals surface area (Å²) in [4.78, 5) is 18.6. The molecule has 0 saturated carbocycles. The van der Waals surface area contributed by atoms with E-state index < -0.39 is 0 Å². The van der Waals surface area contributed by atoms with E-state index >= 15 is 0 Å². The van der Waals surface area contributed by atoms with Gasteiger partial charge in [-0.2, -0.15) is 4.52 Å². The Morgan fingerprint density at radius 3 is 2.76 bits per heavy atom. The van der Waals surface area contributed by atoms with E-state index in [0.29, 0.717) is 32.4 Å². The van der Waals surface area contributed by atoms with Crippen LogP contribution in [0.4, 0.5) is 0 Å². The Morgan fingerprint density at radius 2 is 2.00 bits per heavy atom. The molecule has 5 nitrogen and oxygen atoms in total. The molecule has 86 valence electrons. The first-order chi connectivity index (χ1) is 8.06. The van der Waals surface area contributed by atoms with Crippen LogP contribution in [0.1, 0.15) is 5.82 Å². The van der Waals surface area contributed by atoms with E-state index in [-0.39, 0.29) is 5.69 Å². The molecule has 1 aromatic carbocycles. The number of halogens is 2. The number of aromatic nitrogens is 4. The van der Waals surface area contributed by atoms with Crippen molar-refractivity contribution in [1.29, 1.82) is 0 Å². The summed E-state index contributed by atoms with van der Waals surface area (Å²) in [6.07, 6.45) is 0. The second kappa shape index (κ2) is 3.45. The van der Waals surface area contributed by atoms with Crippen molar-refractivity contribution in [3.05, 3.63) is 38.5 Å². The van der Waals surface area contributed by atoms with Crippen molar-refractivity contribution < 1.29 is 0 Å². The molecule has 0 bridgehead atoms. The molecule has 0 radical (unpaired) electrons. The summed E-state index contributed by atoms with van der Waals surface area (Å²) in [6.45, 7) is 1.72. The number of nitrogens with one attached hydrogen (secondary N) is 1. The van der Waals surface area contributed by atoms with Gasteiger partial charge in [-0.15, -0.1) is 5.10 Å². The Bertz CT molecular complexity index is 805. The number of fused-ring (bicyclic) bond motifs is 3.